The van der Waals surface area contributed by atoms with E-state index in [-0.39, 0.29) is 12.2 Å². The summed E-state index contributed by atoms with van der Waals surface area (Å²) in [5, 5.41) is 9.22. The van der Waals surface area contributed by atoms with Crippen LogP contribution in [0.1, 0.15) is 33.6 Å². The minimum absolute atomic E-state index is 0.106. The summed E-state index contributed by atoms with van der Waals surface area (Å²) in [7, 11) is 0. The molecule has 1 unspecified atom stereocenters. The third kappa shape index (κ3) is 5.80. The second-order valence-electron chi connectivity index (χ2n) is 2.91. The van der Waals surface area contributed by atoms with E-state index in [1.54, 1.807) is 13.0 Å². The Labute approximate surface area is 67.9 Å². The van der Waals surface area contributed by atoms with E-state index in [2.05, 4.69) is 0 Å². The fourth-order valence-corrected chi connectivity index (χ4v) is 0.821. The minimum Gasteiger partial charge on any atom is -0.389 e. The van der Waals surface area contributed by atoms with Crippen LogP contribution in [0.25, 0.3) is 0 Å². The van der Waals surface area contributed by atoms with Crippen LogP contribution in [0, 0.1) is 0 Å². The Bertz CT molecular complexity index is 155. The van der Waals surface area contributed by atoms with Gasteiger partial charge in [0.1, 0.15) is 5.78 Å². The molecule has 0 aromatic heterocycles. The number of Topliss-reactive ketones (excluding diaryl/α,β-unsaturated/α-hetero) is 1. The van der Waals surface area contributed by atoms with Crippen molar-refractivity contribution in [1.82, 2.24) is 0 Å². The first-order valence-corrected chi connectivity index (χ1v) is 3.91. The van der Waals surface area contributed by atoms with E-state index in [0.29, 0.717) is 6.42 Å². The maximum Gasteiger partial charge on any atom is 0.135 e. The van der Waals surface area contributed by atoms with Gasteiger partial charge in [-0.15, -0.1) is 0 Å². The topological polar surface area (TPSA) is 37.3 Å². The summed E-state index contributed by atoms with van der Waals surface area (Å²) in [6, 6.07) is 0. The first-order chi connectivity index (χ1) is 5.06. The standard InChI is InChI=1S/C9H16O2/c1-4-8(10)6-9(11)5-7(2)3/h5,9,11H,4,6H2,1-3H3. The van der Waals surface area contributed by atoms with Gasteiger partial charge in [-0.05, 0) is 13.8 Å². The van der Waals surface area contributed by atoms with Gasteiger partial charge >= 0.3 is 0 Å². The molecular formula is C9H16O2. The van der Waals surface area contributed by atoms with E-state index >= 15 is 0 Å². The van der Waals surface area contributed by atoms with Crippen molar-refractivity contribution in [3.05, 3.63) is 11.6 Å². The van der Waals surface area contributed by atoms with Gasteiger partial charge in [-0.2, -0.15) is 0 Å². The molecule has 1 N–H and O–H groups in total. The lowest BCUT2D eigenvalue weighted by Gasteiger charge is -2.03. The van der Waals surface area contributed by atoms with Crippen molar-refractivity contribution in [3.63, 3.8) is 0 Å². The highest BCUT2D eigenvalue weighted by atomic mass is 16.3. The summed E-state index contributed by atoms with van der Waals surface area (Å²) in [5.74, 6) is 0.106. The monoisotopic (exact) mass is 156 g/mol. The van der Waals surface area contributed by atoms with E-state index < -0.39 is 6.10 Å². The largest absolute Gasteiger partial charge is 0.389 e. The van der Waals surface area contributed by atoms with E-state index in [4.69, 9.17) is 0 Å². The Morgan fingerprint density at radius 3 is 2.45 bits per heavy atom. The predicted octanol–water partition coefficient (Wildman–Crippen LogP) is 1.68. The minimum atomic E-state index is -0.590. The van der Waals surface area contributed by atoms with Crippen molar-refractivity contribution >= 4 is 5.78 Å². The first kappa shape index (κ1) is 10.4. The Kier molecular flexibility index (Phi) is 4.79. The molecule has 0 aromatic carbocycles. The van der Waals surface area contributed by atoms with Crippen LogP contribution >= 0.6 is 0 Å². The first-order valence-electron chi connectivity index (χ1n) is 3.91. The smallest absolute Gasteiger partial charge is 0.135 e. The van der Waals surface area contributed by atoms with Crippen molar-refractivity contribution in [3.8, 4) is 0 Å². The van der Waals surface area contributed by atoms with Gasteiger partial charge in [0.2, 0.25) is 0 Å². The normalized spacial score (nSPS) is 12.4. The fraction of sp³-hybridized carbons (Fsp3) is 0.667. The van der Waals surface area contributed by atoms with Crippen LogP contribution in [0.4, 0.5) is 0 Å². The lowest BCUT2D eigenvalue weighted by molar-refractivity contribution is -0.120. The Hall–Kier alpha value is -0.630. The van der Waals surface area contributed by atoms with Gasteiger partial charge in [-0.3, -0.25) is 4.79 Å². The maximum absolute atomic E-state index is 10.8. The summed E-state index contributed by atoms with van der Waals surface area (Å²) in [6.07, 6.45) is 1.87. The van der Waals surface area contributed by atoms with Crippen LogP contribution in [0.5, 0.6) is 0 Å². The van der Waals surface area contributed by atoms with Crippen LogP contribution in [0.2, 0.25) is 0 Å². The average molecular weight is 156 g/mol. The molecule has 0 aromatic rings. The fourth-order valence-electron chi connectivity index (χ4n) is 0.821. The van der Waals surface area contributed by atoms with Gasteiger partial charge in [0.25, 0.3) is 0 Å². The molecule has 0 spiro atoms. The second-order valence-corrected chi connectivity index (χ2v) is 2.91. The molecule has 0 fully saturated rings. The summed E-state index contributed by atoms with van der Waals surface area (Å²) >= 11 is 0. The highest BCUT2D eigenvalue weighted by Gasteiger charge is 2.05. The molecule has 0 aliphatic rings. The number of rotatable bonds is 4. The zero-order chi connectivity index (χ0) is 8.85. The molecule has 2 heteroatoms. The number of allylic oxidation sites excluding steroid dienone is 1. The maximum atomic E-state index is 10.8. The Morgan fingerprint density at radius 1 is 1.55 bits per heavy atom. The number of aliphatic hydroxyl groups excluding tert-OH is 1. The number of ketones is 1. The van der Waals surface area contributed by atoms with Crippen molar-refractivity contribution in [2.24, 2.45) is 0 Å². The third-order valence-corrected chi connectivity index (χ3v) is 1.36. The van der Waals surface area contributed by atoms with Gasteiger partial charge < -0.3 is 5.11 Å². The lowest BCUT2D eigenvalue weighted by Crippen LogP contribution is -2.09. The highest BCUT2D eigenvalue weighted by molar-refractivity contribution is 5.78. The van der Waals surface area contributed by atoms with Gasteiger partial charge in [0, 0.05) is 12.8 Å². The van der Waals surface area contributed by atoms with Crippen molar-refractivity contribution < 1.29 is 9.90 Å². The number of carbonyl (C=O) groups excluding carboxylic acids is 1. The Balaban J connectivity index is 3.78. The van der Waals surface area contributed by atoms with E-state index in [1.165, 1.54) is 0 Å². The summed E-state index contributed by atoms with van der Waals surface area (Å²) < 4.78 is 0. The second kappa shape index (κ2) is 5.08. The molecule has 0 aliphatic heterocycles. The molecule has 0 saturated heterocycles. The number of hydrogen-bond acceptors (Lipinski definition) is 2. The molecule has 1 atom stereocenters. The molecule has 0 aliphatic carbocycles. The molecule has 0 heterocycles. The van der Waals surface area contributed by atoms with E-state index in [9.17, 15) is 9.90 Å². The summed E-state index contributed by atoms with van der Waals surface area (Å²) in [6.45, 7) is 5.61. The number of hydrogen-bond donors (Lipinski definition) is 1. The molecular weight excluding hydrogens is 140 g/mol. The number of aliphatic hydroxyl groups is 1. The third-order valence-electron chi connectivity index (χ3n) is 1.36. The SMILES string of the molecule is CCC(=O)CC(O)C=C(C)C. The quantitative estimate of drug-likeness (QED) is 0.629. The predicted molar refractivity (Wildman–Crippen MR) is 45.4 cm³/mol. The van der Waals surface area contributed by atoms with E-state index in [1.807, 2.05) is 13.8 Å². The summed E-state index contributed by atoms with van der Waals surface area (Å²) in [5.41, 5.74) is 1.04. The van der Waals surface area contributed by atoms with Crippen LogP contribution < -0.4 is 0 Å². The Morgan fingerprint density at radius 2 is 2.09 bits per heavy atom. The van der Waals surface area contributed by atoms with Gasteiger partial charge in [-0.1, -0.05) is 18.6 Å². The number of carbonyl (C=O) groups is 1. The molecule has 0 bridgehead atoms. The van der Waals surface area contributed by atoms with Gasteiger partial charge in [0.15, 0.2) is 0 Å². The van der Waals surface area contributed by atoms with Crippen molar-refractivity contribution in [2.45, 2.75) is 39.7 Å². The van der Waals surface area contributed by atoms with Crippen LogP contribution in [-0.2, 0) is 4.79 Å². The molecule has 0 saturated carbocycles. The molecule has 0 radical (unpaired) electrons. The van der Waals surface area contributed by atoms with Gasteiger partial charge in [-0.25, -0.2) is 0 Å². The molecule has 64 valence electrons. The van der Waals surface area contributed by atoms with Crippen LogP contribution in [-0.4, -0.2) is 17.0 Å². The van der Waals surface area contributed by atoms with Crippen LogP contribution in [0.15, 0.2) is 11.6 Å². The lowest BCUT2D eigenvalue weighted by atomic mass is 10.1. The molecule has 0 amide bonds. The van der Waals surface area contributed by atoms with Gasteiger partial charge in [0.05, 0.1) is 6.10 Å². The van der Waals surface area contributed by atoms with Crippen molar-refractivity contribution in [1.29, 1.82) is 0 Å². The molecule has 0 rings (SSSR count). The van der Waals surface area contributed by atoms with E-state index in [0.717, 1.165) is 5.57 Å². The zero-order valence-corrected chi connectivity index (χ0v) is 7.42. The molecule has 2 nitrogen and oxygen atoms in total. The average Bonchev–Trinajstić information content (AvgIpc) is 1.85. The summed E-state index contributed by atoms with van der Waals surface area (Å²) in [4.78, 5) is 10.8. The molecule has 11 heavy (non-hydrogen) atoms. The van der Waals surface area contributed by atoms with Crippen molar-refractivity contribution in [2.75, 3.05) is 0 Å². The van der Waals surface area contributed by atoms with Crippen LogP contribution in [0.3, 0.4) is 0 Å². The zero-order valence-electron chi connectivity index (χ0n) is 7.42. The highest BCUT2D eigenvalue weighted by Crippen LogP contribution is 2.01.